The van der Waals surface area contributed by atoms with Crippen molar-refractivity contribution in [2.24, 2.45) is 12.5 Å². The molecule has 1 saturated carbocycles. The Morgan fingerprint density at radius 1 is 1.25 bits per heavy atom. The van der Waals surface area contributed by atoms with Gasteiger partial charge in [0.25, 0.3) is 0 Å². The lowest BCUT2D eigenvalue weighted by atomic mass is 9.67. The first-order chi connectivity index (χ1) is 11.4. The fourth-order valence-electron chi connectivity index (χ4n) is 4.56. The van der Waals surface area contributed by atoms with Gasteiger partial charge >= 0.3 is 0 Å². The lowest BCUT2D eigenvalue weighted by Gasteiger charge is -2.47. The number of carbonyl (C=O) groups is 1. The van der Waals surface area contributed by atoms with E-state index in [1.807, 2.05) is 24.7 Å². The molecule has 1 saturated heterocycles. The highest BCUT2D eigenvalue weighted by molar-refractivity contribution is 5.78. The van der Waals surface area contributed by atoms with E-state index in [4.69, 9.17) is 0 Å². The van der Waals surface area contributed by atoms with Crippen LogP contribution in [0.25, 0.3) is 0 Å². The van der Waals surface area contributed by atoms with Gasteiger partial charge in [-0.05, 0) is 71.0 Å². The quantitative estimate of drug-likeness (QED) is 0.853. The molecule has 5 nitrogen and oxygen atoms in total. The molecule has 2 aliphatic rings. The molecule has 0 N–H and O–H groups in total. The summed E-state index contributed by atoms with van der Waals surface area (Å²) < 4.78 is 1.83. The summed E-state index contributed by atoms with van der Waals surface area (Å²) in [7, 11) is 6.32. The summed E-state index contributed by atoms with van der Waals surface area (Å²) in [6.45, 7) is 3.84. The molecule has 0 unspecified atom stereocenters. The number of aromatic nitrogens is 2. The number of hydrogen-bond donors (Lipinski definition) is 0. The molecule has 134 valence electrons. The minimum Gasteiger partial charge on any atom is -0.342 e. The number of aryl methyl sites for hydroxylation is 2. The largest absolute Gasteiger partial charge is 0.342 e. The maximum Gasteiger partial charge on any atom is 0.228 e. The molecule has 1 aliphatic carbocycles. The standard InChI is InChI=1S/C19H32N4O/c1-15-13-17(22(4)20-15)14-18(24)23-11-9-19(10-12-23)7-5-16(6-8-19)21(2)3/h13,16H,5-12,14H2,1-4H3. The summed E-state index contributed by atoms with van der Waals surface area (Å²) in [5, 5.41) is 4.34. The van der Waals surface area contributed by atoms with Gasteiger partial charge in [-0.3, -0.25) is 9.48 Å². The molecule has 0 bridgehead atoms. The number of nitrogens with zero attached hydrogens (tertiary/aromatic N) is 4. The molecule has 2 heterocycles. The van der Waals surface area contributed by atoms with Gasteiger partial charge in [0.2, 0.25) is 5.91 Å². The van der Waals surface area contributed by atoms with Crippen molar-refractivity contribution in [3.8, 4) is 0 Å². The van der Waals surface area contributed by atoms with E-state index in [9.17, 15) is 4.79 Å². The van der Waals surface area contributed by atoms with E-state index in [-0.39, 0.29) is 5.91 Å². The molecule has 0 radical (unpaired) electrons. The molecular weight excluding hydrogens is 300 g/mol. The van der Waals surface area contributed by atoms with Gasteiger partial charge in [0, 0.05) is 31.9 Å². The third-order valence-electron chi connectivity index (χ3n) is 6.35. The minimum atomic E-state index is 0.259. The van der Waals surface area contributed by atoms with Crippen LogP contribution in [0.3, 0.4) is 0 Å². The van der Waals surface area contributed by atoms with E-state index in [2.05, 4.69) is 29.0 Å². The van der Waals surface area contributed by atoms with Crippen molar-refractivity contribution >= 4 is 5.91 Å². The van der Waals surface area contributed by atoms with E-state index >= 15 is 0 Å². The second kappa shape index (κ2) is 6.87. The fourth-order valence-corrected chi connectivity index (χ4v) is 4.56. The monoisotopic (exact) mass is 332 g/mol. The molecule has 5 heteroatoms. The van der Waals surface area contributed by atoms with Gasteiger partial charge in [0.1, 0.15) is 0 Å². The number of rotatable bonds is 3. The number of carbonyl (C=O) groups excluding carboxylic acids is 1. The molecule has 1 aliphatic heterocycles. The van der Waals surface area contributed by atoms with Gasteiger partial charge in [-0.1, -0.05) is 0 Å². The van der Waals surface area contributed by atoms with Crippen LogP contribution in [0.15, 0.2) is 6.07 Å². The van der Waals surface area contributed by atoms with Crippen LogP contribution in [0.5, 0.6) is 0 Å². The van der Waals surface area contributed by atoms with E-state index in [0.29, 0.717) is 11.8 Å². The Bertz CT molecular complexity index is 574. The van der Waals surface area contributed by atoms with E-state index in [1.165, 1.54) is 38.5 Å². The Morgan fingerprint density at radius 2 is 1.88 bits per heavy atom. The average Bonchev–Trinajstić information content (AvgIpc) is 2.86. The third kappa shape index (κ3) is 3.66. The second-order valence-corrected chi connectivity index (χ2v) is 8.15. The van der Waals surface area contributed by atoms with E-state index in [1.54, 1.807) is 0 Å². The summed E-state index contributed by atoms with van der Waals surface area (Å²) in [5.41, 5.74) is 2.51. The molecule has 24 heavy (non-hydrogen) atoms. The van der Waals surface area contributed by atoms with Crippen molar-refractivity contribution in [1.82, 2.24) is 19.6 Å². The van der Waals surface area contributed by atoms with Crippen LogP contribution in [0.4, 0.5) is 0 Å². The highest BCUT2D eigenvalue weighted by Crippen LogP contribution is 2.45. The van der Waals surface area contributed by atoms with Crippen molar-refractivity contribution < 1.29 is 4.79 Å². The number of likely N-dealkylation sites (tertiary alicyclic amines) is 1. The van der Waals surface area contributed by atoms with Crippen molar-refractivity contribution in [3.63, 3.8) is 0 Å². The van der Waals surface area contributed by atoms with Crippen molar-refractivity contribution in [1.29, 1.82) is 0 Å². The molecule has 2 fully saturated rings. The zero-order valence-corrected chi connectivity index (χ0v) is 15.7. The summed E-state index contributed by atoms with van der Waals surface area (Å²) in [6.07, 6.45) is 8.14. The maximum absolute atomic E-state index is 12.6. The Balaban J connectivity index is 1.52. The minimum absolute atomic E-state index is 0.259. The third-order valence-corrected chi connectivity index (χ3v) is 6.35. The topological polar surface area (TPSA) is 41.4 Å². The van der Waals surface area contributed by atoms with Crippen LogP contribution in [0.2, 0.25) is 0 Å². The summed E-state index contributed by atoms with van der Waals surface area (Å²) in [5.74, 6) is 0.259. The van der Waals surface area contributed by atoms with Gasteiger partial charge in [0.15, 0.2) is 0 Å². The molecule has 1 aromatic rings. The van der Waals surface area contributed by atoms with Gasteiger partial charge in [-0.15, -0.1) is 0 Å². The van der Waals surface area contributed by atoms with E-state index < -0.39 is 0 Å². The highest BCUT2D eigenvalue weighted by Gasteiger charge is 2.39. The number of hydrogen-bond acceptors (Lipinski definition) is 3. The second-order valence-electron chi connectivity index (χ2n) is 8.15. The zero-order valence-electron chi connectivity index (χ0n) is 15.7. The molecular formula is C19H32N4O. The maximum atomic E-state index is 12.6. The van der Waals surface area contributed by atoms with Gasteiger partial charge in [0.05, 0.1) is 12.1 Å². The van der Waals surface area contributed by atoms with Gasteiger partial charge < -0.3 is 9.80 Å². The SMILES string of the molecule is Cc1cc(CC(=O)N2CCC3(CCC(N(C)C)CC3)CC2)n(C)n1. The Morgan fingerprint density at radius 3 is 2.38 bits per heavy atom. The van der Waals surface area contributed by atoms with Gasteiger partial charge in [-0.25, -0.2) is 0 Å². The molecule has 1 aromatic heterocycles. The summed E-state index contributed by atoms with van der Waals surface area (Å²) >= 11 is 0. The molecule has 0 aromatic carbocycles. The van der Waals surface area contributed by atoms with Gasteiger partial charge in [-0.2, -0.15) is 5.10 Å². The van der Waals surface area contributed by atoms with Crippen LogP contribution in [-0.4, -0.2) is 58.7 Å². The summed E-state index contributed by atoms with van der Waals surface area (Å²) in [6, 6.07) is 2.77. The van der Waals surface area contributed by atoms with E-state index in [0.717, 1.165) is 30.5 Å². The van der Waals surface area contributed by atoms with Crippen LogP contribution in [-0.2, 0) is 18.3 Å². The van der Waals surface area contributed by atoms with Crippen molar-refractivity contribution in [2.75, 3.05) is 27.2 Å². The lowest BCUT2D eigenvalue weighted by molar-refractivity contribution is -0.133. The lowest BCUT2D eigenvalue weighted by Crippen LogP contribution is -2.46. The smallest absolute Gasteiger partial charge is 0.228 e. The molecule has 0 atom stereocenters. The first-order valence-electron chi connectivity index (χ1n) is 9.32. The predicted octanol–water partition coefficient (Wildman–Crippen LogP) is 2.38. The average molecular weight is 332 g/mol. The normalized spacial score (nSPS) is 21.6. The first kappa shape index (κ1) is 17.5. The van der Waals surface area contributed by atoms with Crippen LogP contribution >= 0.6 is 0 Å². The van der Waals surface area contributed by atoms with Crippen LogP contribution in [0, 0.1) is 12.3 Å². The predicted molar refractivity (Wildman–Crippen MR) is 95.8 cm³/mol. The number of amides is 1. The molecule has 1 spiro atoms. The van der Waals surface area contributed by atoms with Crippen molar-refractivity contribution in [2.45, 2.75) is 57.9 Å². The molecule has 1 amide bonds. The Labute approximate surface area is 146 Å². The highest BCUT2D eigenvalue weighted by atomic mass is 16.2. The van der Waals surface area contributed by atoms with Crippen LogP contribution < -0.4 is 0 Å². The summed E-state index contributed by atoms with van der Waals surface area (Å²) in [4.78, 5) is 17.1. The fraction of sp³-hybridized carbons (Fsp3) is 0.789. The zero-order chi connectivity index (χ0) is 17.3. The Hall–Kier alpha value is -1.36. The van der Waals surface area contributed by atoms with Crippen LogP contribution in [0.1, 0.15) is 49.9 Å². The molecule has 3 rings (SSSR count). The number of piperidine rings is 1. The van der Waals surface area contributed by atoms with Crippen molar-refractivity contribution in [3.05, 3.63) is 17.5 Å². The Kier molecular flexibility index (Phi) is 5.00. The first-order valence-corrected chi connectivity index (χ1v) is 9.32.